The van der Waals surface area contributed by atoms with Crippen molar-refractivity contribution in [3.63, 3.8) is 0 Å². The molecule has 2 aromatic heterocycles. The summed E-state index contributed by atoms with van der Waals surface area (Å²) in [6, 6.07) is 7.06. The van der Waals surface area contributed by atoms with Gasteiger partial charge in [-0.2, -0.15) is 4.98 Å². The molecule has 1 aromatic carbocycles. The highest BCUT2D eigenvalue weighted by molar-refractivity contribution is 6.30. The van der Waals surface area contributed by atoms with Crippen molar-refractivity contribution in [1.29, 1.82) is 0 Å². The van der Waals surface area contributed by atoms with E-state index in [1.807, 2.05) is 0 Å². The van der Waals surface area contributed by atoms with E-state index in [1.54, 1.807) is 24.3 Å². The molecule has 0 saturated carbocycles. The molecule has 2 heterocycles. The maximum Gasteiger partial charge on any atom is 0.356 e. The number of aromatic amines is 1. The molecule has 0 spiro atoms. The summed E-state index contributed by atoms with van der Waals surface area (Å²) in [5, 5.41) is 12.5. The molecule has 0 fully saturated rings. The number of rotatable bonds is 2. The first-order chi connectivity index (χ1) is 8.65. The van der Waals surface area contributed by atoms with E-state index in [0.29, 0.717) is 16.6 Å². The zero-order chi connectivity index (χ0) is 12.7. The van der Waals surface area contributed by atoms with Crippen molar-refractivity contribution < 1.29 is 9.90 Å². The van der Waals surface area contributed by atoms with Gasteiger partial charge in [-0.15, -0.1) is 0 Å². The quantitative estimate of drug-likeness (QED) is 0.741. The van der Waals surface area contributed by atoms with E-state index in [1.165, 1.54) is 10.7 Å². The summed E-state index contributed by atoms with van der Waals surface area (Å²) in [6.45, 7) is 0. The monoisotopic (exact) mass is 262 g/mol. The van der Waals surface area contributed by atoms with Gasteiger partial charge in [0.15, 0.2) is 11.5 Å². The van der Waals surface area contributed by atoms with Crippen molar-refractivity contribution in [2.45, 2.75) is 0 Å². The fourth-order valence-electron chi connectivity index (χ4n) is 1.65. The number of halogens is 1. The minimum atomic E-state index is -1.06. The standard InChI is InChI=1S/C11H7ClN4O2/c12-7-3-1-6(2-4-7)9-14-11-13-5-8(10(17)18)16(11)15-9/h1-5H,(H,17,18)(H,13,14,15). The average molecular weight is 263 g/mol. The number of H-pyrrole nitrogens is 1. The lowest BCUT2D eigenvalue weighted by atomic mass is 10.2. The molecule has 0 aliphatic heterocycles. The number of aromatic carboxylic acids is 1. The number of imidazole rings is 1. The van der Waals surface area contributed by atoms with E-state index in [9.17, 15) is 4.79 Å². The van der Waals surface area contributed by atoms with Gasteiger partial charge in [-0.3, -0.25) is 5.10 Å². The van der Waals surface area contributed by atoms with Crippen LogP contribution in [-0.4, -0.2) is 30.7 Å². The van der Waals surface area contributed by atoms with Crippen LogP contribution in [0.25, 0.3) is 17.2 Å². The van der Waals surface area contributed by atoms with Crippen LogP contribution < -0.4 is 0 Å². The van der Waals surface area contributed by atoms with E-state index in [0.717, 1.165) is 5.56 Å². The summed E-state index contributed by atoms with van der Waals surface area (Å²) in [7, 11) is 0. The Morgan fingerprint density at radius 3 is 2.72 bits per heavy atom. The topological polar surface area (TPSA) is 83.3 Å². The molecule has 0 bridgehead atoms. The number of carboxylic acid groups (broad SMARTS) is 1. The highest BCUT2D eigenvalue weighted by Crippen LogP contribution is 2.19. The Kier molecular flexibility index (Phi) is 2.31. The molecule has 6 nitrogen and oxygen atoms in total. The first-order valence-corrected chi connectivity index (χ1v) is 5.45. The second kappa shape index (κ2) is 3.85. The summed E-state index contributed by atoms with van der Waals surface area (Å²) in [5.74, 6) is -0.205. The van der Waals surface area contributed by atoms with Gasteiger partial charge in [0.1, 0.15) is 0 Å². The summed E-state index contributed by atoms with van der Waals surface area (Å²) in [5.41, 5.74) is 0.846. The molecular formula is C11H7ClN4O2. The van der Waals surface area contributed by atoms with Crippen molar-refractivity contribution in [2.24, 2.45) is 0 Å². The number of hydrogen-bond donors (Lipinski definition) is 2. The summed E-state index contributed by atoms with van der Waals surface area (Å²) in [4.78, 5) is 19.1. The van der Waals surface area contributed by atoms with Gasteiger partial charge >= 0.3 is 5.97 Å². The van der Waals surface area contributed by atoms with Crippen molar-refractivity contribution in [3.05, 3.63) is 41.2 Å². The minimum Gasteiger partial charge on any atom is -0.476 e. The van der Waals surface area contributed by atoms with Gasteiger partial charge in [-0.25, -0.2) is 14.3 Å². The fraction of sp³-hybridized carbons (Fsp3) is 0. The van der Waals surface area contributed by atoms with Crippen LogP contribution in [-0.2, 0) is 0 Å². The Morgan fingerprint density at radius 2 is 2.06 bits per heavy atom. The lowest BCUT2D eigenvalue weighted by Gasteiger charge is -1.96. The molecule has 0 amide bonds. The second-order valence-electron chi connectivity index (χ2n) is 3.66. The molecule has 0 saturated heterocycles. The number of aromatic nitrogens is 4. The number of fused-ring (bicyclic) bond motifs is 1. The lowest BCUT2D eigenvalue weighted by Crippen LogP contribution is -2.01. The van der Waals surface area contributed by atoms with Gasteiger partial charge < -0.3 is 5.11 Å². The maximum absolute atomic E-state index is 10.9. The Labute approximate surface area is 106 Å². The van der Waals surface area contributed by atoms with Crippen LogP contribution in [0.4, 0.5) is 0 Å². The van der Waals surface area contributed by atoms with Gasteiger partial charge in [-0.05, 0) is 24.3 Å². The number of hydrogen-bond acceptors (Lipinski definition) is 3. The third-order valence-corrected chi connectivity index (χ3v) is 2.76. The Hall–Kier alpha value is -2.34. The van der Waals surface area contributed by atoms with E-state index in [-0.39, 0.29) is 5.69 Å². The van der Waals surface area contributed by atoms with Crippen LogP contribution in [0.2, 0.25) is 5.02 Å². The Bertz CT molecular complexity index is 729. The van der Waals surface area contributed by atoms with Crippen LogP contribution in [0.3, 0.4) is 0 Å². The number of nitrogens with zero attached hydrogens (tertiary/aromatic N) is 3. The highest BCUT2D eigenvalue weighted by Gasteiger charge is 2.14. The molecule has 18 heavy (non-hydrogen) atoms. The average Bonchev–Trinajstić information content (AvgIpc) is 2.88. The minimum absolute atomic E-state index is 0.0395. The Balaban J connectivity index is 2.13. The fourth-order valence-corrected chi connectivity index (χ4v) is 1.78. The molecule has 0 unspecified atom stereocenters. The summed E-state index contributed by atoms with van der Waals surface area (Å²) in [6.07, 6.45) is 1.26. The molecule has 90 valence electrons. The SMILES string of the molecule is O=C(O)c1cnc2nc(-c3ccc(Cl)cc3)[nH]n12. The van der Waals surface area contributed by atoms with E-state index in [2.05, 4.69) is 15.1 Å². The number of benzene rings is 1. The molecule has 0 atom stereocenters. The van der Waals surface area contributed by atoms with Crippen molar-refractivity contribution >= 4 is 23.3 Å². The predicted molar refractivity (Wildman–Crippen MR) is 64.7 cm³/mol. The number of carbonyl (C=O) groups is 1. The molecule has 0 radical (unpaired) electrons. The Morgan fingerprint density at radius 1 is 1.33 bits per heavy atom. The summed E-state index contributed by atoms with van der Waals surface area (Å²) >= 11 is 5.80. The van der Waals surface area contributed by atoms with Gasteiger partial charge in [0.25, 0.3) is 5.78 Å². The van der Waals surface area contributed by atoms with Crippen molar-refractivity contribution in [3.8, 4) is 11.4 Å². The van der Waals surface area contributed by atoms with Crippen molar-refractivity contribution in [2.75, 3.05) is 0 Å². The van der Waals surface area contributed by atoms with Gasteiger partial charge in [0.05, 0.1) is 6.20 Å². The third-order valence-electron chi connectivity index (χ3n) is 2.51. The van der Waals surface area contributed by atoms with Crippen LogP contribution in [0.5, 0.6) is 0 Å². The molecule has 3 rings (SSSR count). The number of nitrogens with one attached hydrogen (secondary N) is 1. The highest BCUT2D eigenvalue weighted by atomic mass is 35.5. The predicted octanol–water partition coefficient (Wildman–Crippen LogP) is 2.08. The maximum atomic E-state index is 10.9. The van der Waals surface area contributed by atoms with E-state index >= 15 is 0 Å². The molecule has 7 heteroatoms. The van der Waals surface area contributed by atoms with Gasteiger partial charge in [0, 0.05) is 10.6 Å². The summed E-state index contributed by atoms with van der Waals surface area (Å²) < 4.78 is 1.33. The molecule has 0 aliphatic rings. The van der Waals surface area contributed by atoms with Crippen molar-refractivity contribution in [1.82, 2.24) is 19.6 Å². The second-order valence-corrected chi connectivity index (χ2v) is 4.10. The van der Waals surface area contributed by atoms with Crippen LogP contribution in [0, 0.1) is 0 Å². The van der Waals surface area contributed by atoms with Crippen LogP contribution >= 0.6 is 11.6 Å². The van der Waals surface area contributed by atoms with E-state index < -0.39 is 5.97 Å². The first-order valence-electron chi connectivity index (χ1n) is 5.08. The normalized spacial score (nSPS) is 10.9. The molecular weight excluding hydrogens is 256 g/mol. The largest absolute Gasteiger partial charge is 0.476 e. The first kappa shape index (κ1) is 10.8. The zero-order valence-corrected chi connectivity index (χ0v) is 9.72. The van der Waals surface area contributed by atoms with Gasteiger partial charge in [-0.1, -0.05) is 11.6 Å². The van der Waals surface area contributed by atoms with Gasteiger partial charge in [0.2, 0.25) is 0 Å². The smallest absolute Gasteiger partial charge is 0.356 e. The molecule has 0 aliphatic carbocycles. The van der Waals surface area contributed by atoms with E-state index in [4.69, 9.17) is 16.7 Å². The molecule has 3 aromatic rings. The third kappa shape index (κ3) is 1.63. The molecule has 2 N–H and O–H groups in total. The number of carboxylic acids is 1. The zero-order valence-electron chi connectivity index (χ0n) is 8.96. The lowest BCUT2D eigenvalue weighted by molar-refractivity contribution is 0.0688. The van der Waals surface area contributed by atoms with Crippen LogP contribution in [0.1, 0.15) is 10.5 Å². The van der Waals surface area contributed by atoms with Crippen LogP contribution in [0.15, 0.2) is 30.5 Å².